The highest BCUT2D eigenvalue weighted by molar-refractivity contribution is 9.10. The van der Waals surface area contributed by atoms with Gasteiger partial charge in [-0.25, -0.2) is 13.6 Å². The molecule has 0 radical (unpaired) electrons. The number of benzene rings is 1. The topological polar surface area (TPSA) is 35.5 Å². The standard InChI is InChI=1S/C10H9BrF2O3/c1-2-15-10(14)5-16-9-4-7(12)6(11)3-8(9)13/h3-4H,2,5H2,1H3. The molecule has 0 aliphatic rings. The average molecular weight is 295 g/mol. The number of ether oxygens (including phenoxy) is 2. The van der Waals surface area contributed by atoms with E-state index < -0.39 is 24.2 Å². The third kappa shape index (κ3) is 3.44. The number of halogens is 3. The Morgan fingerprint density at radius 1 is 1.38 bits per heavy atom. The van der Waals surface area contributed by atoms with E-state index in [9.17, 15) is 13.6 Å². The molecule has 0 aromatic heterocycles. The van der Waals surface area contributed by atoms with E-state index in [-0.39, 0.29) is 16.8 Å². The van der Waals surface area contributed by atoms with E-state index in [1.54, 1.807) is 6.92 Å². The van der Waals surface area contributed by atoms with Crippen molar-refractivity contribution < 1.29 is 23.0 Å². The molecule has 0 aliphatic carbocycles. The van der Waals surface area contributed by atoms with E-state index in [2.05, 4.69) is 20.7 Å². The van der Waals surface area contributed by atoms with Gasteiger partial charge in [-0.15, -0.1) is 0 Å². The third-order valence-corrected chi connectivity index (χ3v) is 2.23. The van der Waals surface area contributed by atoms with E-state index >= 15 is 0 Å². The van der Waals surface area contributed by atoms with Crippen molar-refractivity contribution in [2.45, 2.75) is 6.92 Å². The summed E-state index contributed by atoms with van der Waals surface area (Å²) in [7, 11) is 0. The van der Waals surface area contributed by atoms with Crippen LogP contribution in [0.3, 0.4) is 0 Å². The van der Waals surface area contributed by atoms with Gasteiger partial charge in [-0.3, -0.25) is 0 Å². The predicted octanol–water partition coefficient (Wildman–Crippen LogP) is 2.67. The lowest BCUT2D eigenvalue weighted by Crippen LogP contribution is -2.15. The van der Waals surface area contributed by atoms with Crippen LogP contribution in [0.2, 0.25) is 0 Å². The van der Waals surface area contributed by atoms with Crippen molar-refractivity contribution in [1.82, 2.24) is 0 Å². The summed E-state index contributed by atoms with van der Waals surface area (Å²) in [6.45, 7) is 1.39. The van der Waals surface area contributed by atoms with E-state index in [0.29, 0.717) is 0 Å². The van der Waals surface area contributed by atoms with Crippen molar-refractivity contribution in [3.05, 3.63) is 28.2 Å². The van der Waals surface area contributed by atoms with Crippen LogP contribution < -0.4 is 4.74 Å². The summed E-state index contributed by atoms with van der Waals surface area (Å²) >= 11 is 2.82. The number of esters is 1. The highest BCUT2D eigenvalue weighted by atomic mass is 79.9. The molecule has 3 nitrogen and oxygen atoms in total. The van der Waals surface area contributed by atoms with Gasteiger partial charge in [0.1, 0.15) is 5.82 Å². The molecule has 0 N–H and O–H groups in total. The Kier molecular flexibility index (Phi) is 4.67. The Morgan fingerprint density at radius 2 is 2.06 bits per heavy atom. The van der Waals surface area contributed by atoms with Gasteiger partial charge in [0.05, 0.1) is 11.1 Å². The van der Waals surface area contributed by atoms with Crippen LogP contribution in [0.4, 0.5) is 8.78 Å². The lowest BCUT2D eigenvalue weighted by molar-refractivity contribution is -0.145. The summed E-state index contributed by atoms with van der Waals surface area (Å²) in [6, 6.07) is 1.79. The molecule has 1 aromatic rings. The van der Waals surface area contributed by atoms with Gasteiger partial charge in [0, 0.05) is 6.07 Å². The highest BCUT2D eigenvalue weighted by Crippen LogP contribution is 2.24. The first-order valence-corrected chi connectivity index (χ1v) is 5.27. The quantitative estimate of drug-likeness (QED) is 0.633. The first-order chi connectivity index (χ1) is 7.54. The molecule has 6 heteroatoms. The number of rotatable bonds is 4. The lowest BCUT2D eigenvalue weighted by Gasteiger charge is -2.07. The lowest BCUT2D eigenvalue weighted by atomic mass is 10.3. The van der Waals surface area contributed by atoms with Crippen LogP contribution in [0.15, 0.2) is 16.6 Å². The minimum Gasteiger partial charge on any atom is -0.479 e. The maximum Gasteiger partial charge on any atom is 0.344 e. The Bertz CT molecular complexity index is 396. The maximum absolute atomic E-state index is 13.2. The average Bonchev–Trinajstić information content (AvgIpc) is 2.22. The van der Waals surface area contributed by atoms with Gasteiger partial charge < -0.3 is 9.47 Å². The molecule has 0 unspecified atom stereocenters. The van der Waals surface area contributed by atoms with Gasteiger partial charge in [-0.05, 0) is 28.9 Å². The van der Waals surface area contributed by atoms with Crippen molar-refractivity contribution in [3.63, 3.8) is 0 Å². The first kappa shape index (κ1) is 12.9. The fraction of sp³-hybridized carbons (Fsp3) is 0.300. The molecule has 88 valence electrons. The van der Waals surface area contributed by atoms with Crippen LogP contribution in [0.1, 0.15) is 6.92 Å². The molecule has 16 heavy (non-hydrogen) atoms. The van der Waals surface area contributed by atoms with Crippen molar-refractivity contribution in [1.29, 1.82) is 0 Å². The van der Waals surface area contributed by atoms with Gasteiger partial charge >= 0.3 is 5.97 Å². The minimum atomic E-state index is -0.752. The van der Waals surface area contributed by atoms with Gasteiger partial charge in [0.25, 0.3) is 0 Å². The first-order valence-electron chi connectivity index (χ1n) is 4.47. The highest BCUT2D eigenvalue weighted by Gasteiger charge is 2.11. The molecule has 1 aromatic carbocycles. The SMILES string of the molecule is CCOC(=O)COc1cc(F)c(Br)cc1F. The molecule has 0 saturated heterocycles. The monoisotopic (exact) mass is 294 g/mol. The van der Waals surface area contributed by atoms with Crippen molar-refractivity contribution >= 4 is 21.9 Å². The summed E-state index contributed by atoms with van der Waals surface area (Å²) < 4.78 is 35.6. The van der Waals surface area contributed by atoms with Crippen molar-refractivity contribution in [3.8, 4) is 5.75 Å². The Labute approximate surface area is 99.5 Å². The zero-order valence-corrected chi connectivity index (χ0v) is 10.0. The van der Waals surface area contributed by atoms with Crippen molar-refractivity contribution in [2.75, 3.05) is 13.2 Å². The molecule has 0 heterocycles. The van der Waals surface area contributed by atoms with Crippen LogP contribution in [-0.4, -0.2) is 19.2 Å². The smallest absolute Gasteiger partial charge is 0.344 e. The fourth-order valence-corrected chi connectivity index (χ4v) is 1.27. The molecule has 0 atom stereocenters. The summed E-state index contributed by atoms with van der Waals surface area (Å²) in [6.07, 6.45) is 0. The Hall–Kier alpha value is -1.17. The third-order valence-electron chi connectivity index (χ3n) is 1.63. The van der Waals surface area contributed by atoms with E-state index in [0.717, 1.165) is 12.1 Å². The van der Waals surface area contributed by atoms with E-state index in [4.69, 9.17) is 4.74 Å². The molecule has 1 rings (SSSR count). The van der Waals surface area contributed by atoms with Crippen LogP contribution in [0.25, 0.3) is 0 Å². The number of hydrogen-bond donors (Lipinski definition) is 0. The Morgan fingerprint density at radius 3 is 2.69 bits per heavy atom. The van der Waals surface area contributed by atoms with Gasteiger partial charge in [-0.2, -0.15) is 0 Å². The largest absolute Gasteiger partial charge is 0.479 e. The summed E-state index contributed by atoms with van der Waals surface area (Å²) in [5.74, 6) is -2.38. The molecule has 0 bridgehead atoms. The zero-order valence-electron chi connectivity index (χ0n) is 8.43. The number of carbonyl (C=O) groups is 1. The normalized spacial score (nSPS) is 10.0. The van der Waals surface area contributed by atoms with Crippen LogP contribution in [-0.2, 0) is 9.53 Å². The number of hydrogen-bond acceptors (Lipinski definition) is 3. The van der Waals surface area contributed by atoms with E-state index in [1.807, 2.05) is 0 Å². The fourth-order valence-electron chi connectivity index (χ4n) is 0.954. The minimum absolute atomic E-state index is 0.00603. The van der Waals surface area contributed by atoms with Crippen molar-refractivity contribution in [2.24, 2.45) is 0 Å². The predicted molar refractivity (Wildman–Crippen MR) is 56.2 cm³/mol. The molecule has 0 spiro atoms. The second kappa shape index (κ2) is 5.79. The van der Waals surface area contributed by atoms with Crippen LogP contribution >= 0.6 is 15.9 Å². The molecular weight excluding hydrogens is 286 g/mol. The second-order valence-electron chi connectivity index (χ2n) is 2.79. The van der Waals surface area contributed by atoms with Gasteiger partial charge in [0.15, 0.2) is 18.2 Å². The summed E-state index contributed by atoms with van der Waals surface area (Å²) in [5, 5.41) is 0. The van der Waals surface area contributed by atoms with Gasteiger partial charge in [0.2, 0.25) is 0 Å². The zero-order chi connectivity index (χ0) is 12.1. The molecule has 0 aliphatic heterocycles. The molecule has 0 saturated carbocycles. The molecular formula is C10H9BrF2O3. The molecule has 0 fully saturated rings. The molecule has 0 amide bonds. The number of carbonyl (C=O) groups excluding carboxylic acids is 1. The summed E-state index contributed by atoms with van der Waals surface area (Å²) in [4.78, 5) is 10.9. The summed E-state index contributed by atoms with van der Waals surface area (Å²) in [5.41, 5.74) is 0. The van der Waals surface area contributed by atoms with Crippen LogP contribution in [0, 0.1) is 11.6 Å². The van der Waals surface area contributed by atoms with Gasteiger partial charge in [-0.1, -0.05) is 0 Å². The second-order valence-corrected chi connectivity index (χ2v) is 3.64. The van der Waals surface area contributed by atoms with Crippen LogP contribution in [0.5, 0.6) is 5.75 Å². The maximum atomic E-state index is 13.2. The van der Waals surface area contributed by atoms with E-state index in [1.165, 1.54) is 0 Å². The Balaban J connectivity index is 2.67.